The third kappa shape index (κ3) is 3.26. The van der Waals surface area contributed by atoms with E-state index in [-0.39, 0.29) is 6.04 Å². The summed E-state index contributed by atoms with van der Waals surface area (Å²) in [5.74, 6) is 1.88. The SMILES string of the molecule is CC(C)c1ccc(C(N)C2CCCCS2)cc1. The summed E-state index contributed by atoms with van der Waals surface area (Å²) in [6.07, 6.45) is 3.98. The second kappa shape index (κ2) is 5.92. The van der Waals surface area contributed by atoms with E-state index in [1.807, 2.05) is 0 Å². The van der Waals surface area contributed by atoms with Crippen LogP contribution in [0.25, 0.3) is 0 Å². The van der Waals surface area contributed by atoms with E-state index in [1.54, 1.807) is 0 Å². The zero-order chi connectivity index (χ0) is 12.3. The molecule has 2 heteroatoms. The molecule has 1 fully saturated rings. The van der Waals surface area contributed by atoms with Crippen LogP contribution in [0.1, 0.15) is 56.2 Å². The first-order valence-electron chi connectivity index (χ1n) is 6.65. The lowest BCUT2D eigenvalue weighted by Crippen LogP contribution is -2.26. The lowest BCUT2D eigenvalue weighted by Gasteiger charge is -2.27. The quantitative estimate of drug-likeness (QED) is 0.873. The molecule has 0 aliphatic carbocycles. The molecule has 0 radical (unpaired) electrons. The highest BCUT2D eigenvalue weighted by atomic mass is 32.2. The second-order valence-corrected chi connectivity index (χ2v) is 6.60. The monoisotopic (exact) mass is 249 g/mol. The highest BCUT2D eigenvalue weighted by Crippen LogP contribution is 2.33. The third-order valence-corrected chi connectivity index (χ3v) is 5.08. The molecule has 0 aromatic heterocycles. The van der Waals surface area contributed by atoms with Crippen molar-refractivity contribution in [3.63, 3.8) is 0 Å². The van der Waals surface area contributed by atoms with Gasteiger partial charge in [-0.05, 0) is 35.6 Å². The Kier molecular flexibility index (Phi) is 4.52. The Balaban J connectivity index is 2.05. The van der Waals surface area contributed by atoms with Crippen molar-refractivity contribution >= 4 is 11.8 Å². The first kappa shape index (κ1) is 13.0. The van der Waals surface area contributed by atoms with Gasteiger partial charge in [0.25, 0.3) is 0 Å². The van der Waals surface area contributed by atoms with Crippen molar-refractivity contribution in [2.45, 2.75) is 50.3 Å². The van der Waals surface area contributed by atoms with E-state index in [2.05, 4.69) is 49.9 Å². The summed E-state index contributed by atoms with van der Waals surface area (Å²) in [5.41, 5.74) is 9.08. The van der Waals surface area contributed by atoms with Crippen molar-refractivity contribution in [1.29, 1.82) is 0 Å². The van der Waals surface area contributed by atoms with Crippen molar-refractivity contribution in [3.8, 4) is 0 Å². The van der Waals surface area contributed by atoms with Crippen LogP contribution in [0.4, 0.5) is 0 Å². The van der Waals surface area contributed by atoms with Gasteiger partial charge in [0.15, 0.2) is 0 Å². The molecule has 0 bridgehead atoms. The van der Waals surface area contributed by atoms with Crippen molar-refractivity contribution in [2.75, 3.05) is 5.75 Å². The Hall–Kier alpha value is -0.470. The van der Waals surface area contributed by atoms with Crippen LogP contribution >= 0.6 is 11.8 Å². The lowest BCUT2D eigenvalue weighted by molar-refractivity contribution is 0.582. The van der Waals surface area contributed by atoms with Crippen LogP contribution < -0.4 is 5.73 Å². The van der Waals surface area contributed by atoms with E-state index >= 15 is 0 Å². The van der Waals surface area contributed by atoms with Crippen molar-refractivity contribution < 1.29 is 0 Å². The Labute approximate surface area is 109 Å². The zero-order valence-electron chi connectivity index (χ0n) is 10.9. The standard InChI is InChI=1S/C15H23NS/c1-11(2)12-6-8-13(9-7-12)15(16)14-5-3-4-10-17-14/h6-9,11,14-15H,3-5,10,16H2,1-2H3. The van der Waals surface area contributed by atoms with Crippen molar-refractivity contribution in [1.82, 2.24) is 0 Å². The number of hydrogen-bond donors (Lipinski definition) is 1. The van der Waals surface area contributed by atoms with E-state index in [9.17, 15) is 0 Å². The number of nitrogens with two attached hydrogens (primary N) is 1. The van der Waals surface area contributed by atoms with Gasteiger partial charge in [-0.3, -0.25) is 0 Å². The van der Waals surface area contributed by atoms with Gasteiger partial charge in [0.1, 0.15) is 0 Å². The molecule has 1 aliphatic rings. The van der Waals surface area contributed by atoms with Gasteiger partial charge in [-0.15, -0.1) is 0 Å². The van der Waals surface area contributed by atoms with Gasteiger partial charge < -0.3 is 5.73 Å². The molecule has 0 spiro atoms. The lowest BCUT2D eigenvalue weighted by atomic mass is 9.96. The molecule has 1 aliphatic heterocycles. The Morgan fingerprint density at radius 3 is 2.29 bits per heavy atom. The normalized spacial score (nSPS) is 22.7. The molecule has 2 atom stereocenters. The van der Waals surface area contributed by atoms with Crippen LogP contribution in [0.15, 0.2) is 24.3 Å². The first-order chi connectivity index (χ1) is 8.18. The van der Waals surface area contributed by atoms with Crippen LogP contribution in [0.5, 0.6) is 0 Å². The topological polar surface area (TPSA) is 26.0 Å². The third-order valence-electron chi connectivity index (χ3n) is 3.60. The number of rotatable bonds is 3. The highest BCUT2D eigenvalue weighted by Gasteiger charge is 2.22. The fourth-order valence-corrected chi connectivity index (χ4v) is 3.74. The second-order valence-electron chi connectivity index (χ2n) is 5.25. The van der Waals surface area contributed by atoms with Gasteiger partial charge in [-0.1, -0.05) is 44.5 Å². The van der Waals surface area contributed by atoms with Gasteiger partial charge in [0, 0.05) is 11.3 Å². The molecule has 1 aromatic rings. The minimum atomic E-state index is 0.210. The van der Waals surface area contributed by atoms with Crippen LogP contribution in [0, 0.1) is 0 Å². The average molecular weight is 249 g/mol. The highest BCUT2D eigenvalue weighted by molar-refractivity contribution is 8.00. The van der Waals surface area contributed by atoms with Crippen molar-refractivity contribution in [2.24, 2.45) is 5.73 Å². The van der Waals surface area contributed by atoms with E-state index in [1.165, 1.54) is 36.1 Å². The summed E-state index contributed by atoms with van der Waals surface area (Å²) in [6, 6.07) is 9.10. The van der Waals surface area contributed by atoms with Gasteiger partial charge >= 0.3 is 0 Å². The maximum Gasteiger partial charge on any atom is 0.0415 e. The maximum atomic E-state index is 6.38. The summed E-state index contributed by atoms with van der Waals surface area (Å²) in [7, 11) is 0. The Morgan fingerprint density at radius 2 is 1.76 bits per heavy atom. The summed E-state index contributed by atoms with van der Waals surface area (Å²) < 4.78 is 0. The number of hydrogen-bond acceptors (Lipinski definition) is 2. The fraction of sp³-hybridized carbons (Fsp3) is 0.600. The molecule has 1 nitrogen and oxygen atoms in total. The fourth-order valence-electron chi connectivity index (χ4n) is 2.37. The summed E-state index contributed by atoms with van der Waals surface area (Å²) in [5, 5.41) is 0.619. The predicted molar refractivity (Wildman–Crippen MR) is 77.6 cm³/mol. The molecule has 0 amide bonds. The minimum Gasteiger partial charge on any atom is -0.323 e. The van der Waals surface area contributed by atoms with E-state index in [0.717, 1.165) is 0 Å². The van der Waals surface area contributed by atoms with Gasteiger partial charge in [-0.25, -0.2) is 0 Å². The summed E-state index contributed by atoms with van der Waals surface area (Å²) in [4.78, 5) is 0. The zero-order valence-corrected chi connectivity index (χ0v) is 11.7. The average Bonchev–Trinajstić information content (AvgIpc) is 2.39. The van der Waals surface area contributed by atoms with Crippen LogP contribution in [-0.2, 0) is 0 Å². The number of benzene rings is 1. The van der Waals surface area contributed by atoms with Gasteiger partial charge in [0.2, 0.25) is 0 Å². The largest absolute Gasteiger partial charge is 0.323 e. The predicted octanol–water partition coefficient (Wildman–Crippen LogP) is 4.10. The molecule has 94 valence electrons. The van der Waals surface area contributed by atoms with Crippen LogP contribution in [0.2, 0.25) is 0 Å². The summed E-state index contributed by atoms with van der Waals surface area (Å²) >= 11 is 2.05. The molecule has 2 unspecified atom stereocenters. The van der Waals surface area contributed by atoms with Gasteiger partial charge in [-0.2, -0.15) is 11.8 Å². The molecule has 2 rings (SSSR count). The molecular formula is C15H23NS. The molecule has 1 saturated heterocycles. The van der Waals surface area contributed by atoms with E-state index in [4.69, 9.17) is 5.73 Å². The van der Waals surface area contributed by atoms with E-state index in [0.29, 0.717) is 11.2 Å². The molecule has 2 N–H and O–H groups in total. The molecule has 0 saturated carbocycles. The summed E-state index contributed by atoms with van der Waals surface area (Å²) in [6.45, 7) is 4.46. The maximum absolute atomic E-state index is 6.38. The van der Waals surface area contributed by atoms with Crippen molar-refractivity contribution in [3.05, 3.63) is 35.4 Å². The number of thioether (sulfide) groups is 1. The smallest absolute Gasteiger partial charge is 0.0415 e. The molecule has 17 heavy (non-hydrogen) atoms. The minimum absolute atomic E-state index is 0.210. The first-order valence-corrected chi connectivity index (χ1v) is 7.70. The van der Waals surface area contributed by atoms with Gasteiger partial charge in [0.05, 0.1) is 0 Å². The van der Waals surface area contributed by atoms with Crippen LogP contribution in [-0.4, -0.2) is 11.0 Å². The molecule has 1 aromatic carbocycles. The van der Waals surface area contributed by atoms with E-state index < -0.39 is 0 Å². The molecule has 1 heterocycles. The Morgan fingerprint density at radius 1 is 1.12 bits per heavy atom. The molecular weight excluding hydrogens is 226 g/mol. The Bertz CT molecular complexity index is 338. The van der Waals surface area contributed by atoms with Crippen LogP contribution in [0.3, 0.4) is 0 Å².